The van der Waals surface area contributed by atoms with E-state index in [1.807, 2.05) is 74.5 Å². The Morgan fingerprint density at radius 1 is 0.846 bits per heavy atom. The molecule has 13 nitrogen and oxygen atoms in total. The lowest BCUT2D eigenvalue weighted by atomic mass is 9.89. The Morgan fingerprint density at radius 3 is 2.06 bits per heavy atom. The molecule has 0 saturated carbocycles. The number of carbonyl (C=O) groups is 5. The van der Waals surface area contributed by atoms with Crippen molar-refractivity contribution in [1.29, 1.82) is 0 Å². The van der Waals surface area contributed by atoms with E-state index in [9.17, 15) is 24.0 Å². The maximum absolute atomic E-state index is 14.1. The topological polar surface area (TPSA) is 192 Å². The molecule has 1 saturated heterocycles. The van der Waals surface area contributed by atoms with Crippen molar-refractivity contribution in [2.45, 2.75) is 89.9 Å². The van der Waals surface area contributed by atoms with Crippen LogP contribution < -0.4 is 32.7 Å². The monoisotopic (exact) mass is 720 g/mol. The second-order valence-electron chi connectivity index (χ2n) is 14.1. The number of unbranched alkanes of at least 4 members (excludes halogenated alkanes) is 1. The summed E-state index contributed by atoms with van der Waals surface area (Å²) in [6, 6.07) is 16.4. The molecule has 6 amide bonds. The molecule has 1 heterocycles. The number of urea groups is 2. The van der Waals surface area contributed by atoms with Crippen LogP contribution in [-0.2, 0) is 27.3 Å². The van der Waals surface area contributed by atoms with Gasteiger partial charge in [-0.3, -0.25) is 14.4 Å². The van der Waals surface area contributed by atoms with Gasteiger partial charge in [0.15, 0.2) is 5.78 Å². The van der Waals surface area contributed by atoms with Crippen molar-refractivity contribution in [2.24, 2.45) is 23.3 Å². The number of nitrogens with one attached hydrogen (secondary N) is 4. The van der Waals surface area contributed by atoms with Crippen LogP contribution >= 0.6 is 0 Å². The Morgan fingerprint density at radius 2 is 1.48 bits per heavy atom. The smallest absolute Gasteiger partial charge is 0.318 e. The lowest BCUT2D eigenvalue weighted by Gasteiger charge is -2.35. The van der Waals surface area contributed by atoms with Gasteiger partial charge in [-0.1, -0.05) is 80.9 Å². The number of likely N-dealkylation sites (tertiary alicyclic amines) is 1. The lowest BCUT2D eigenvalue weighted by molar-refractivity contribution is -0.140. The summed E-state index contributed by atoms with van der Waals surface area (Å²) in [5, 5.41) is 11.4. The fourth-order valence-corrected chi connectivity index (χ4v) is 6.52. The van der Waals surface area contributed by atoms with E-state index in [0.717, 1.165) is 17.5 Å². The molecule has 2 aromatic carbocycles. The highest BCUT2D eigenvalue weighted by Gasteiger charge is 2.34. The summed E-state index contributed by atoms with van der Waals surface area (Å²) in [4.78, 5) is 70.8. The number of hydrogen-bond donors (Lipinski definition) is 6. The maximum atomic E-state index is 14.1. The van der Waals surface area contributed by atoms with E-state index >= 15 is 0 Å². The van der Waals surface area contributed by atoms with E-state index in [1.165, 1.54) is 0 Å². The SMILES string of the molecule is CNC(=O)NC1CCN(C(=O)[C@@H](CCCCN)CC(=O)[C@@H](CC(C)C)NC(=O)[C@@H](Cc2ccccc2)NC(=O)N(CCN)Cc2ccccc2)CC1. The summed E-state index contributed by atoms with van der Waals surface area (Å²) in [6.07, 6.45) is 3.75. The van der Waals surface area contributed by atoms with Crippen molar-refractivity contribution in [2.75, 3.05) is 39.8 Å². The van der Waals surface area contributed by atoms with E-state index in [4.69, 9.17) is 11.5 Å². The predicted molar refractivity (Wildman–Crippen MR) is 203 cm³/mol. The molecule has 1 fully saturated rings. The number of nitrogens with two attached hydrogens (primary N) is 2. The van der Waals surface area contributed by atoms with Crippen molar-refractivity contribution in [3.8, 4) is 0 Å². The number of amides is 6. The Balaban J connectivity index is 1.77. The van der Waals surface area contributed by atoms with Crippen molar-refractivity contribution in [3.63, 3.8) is 0 Å². The van der Waals surface area contributed by atoms with E-state index in [2.05, 4.69) is 21.3 Å². The highest BCUT2D eigenvalue weighted by atomic mass is 16.2. The molecule has 1 aliphatic heterocycles. The molecular formula is C39H60N8O5. The van der Waals surface area contributed by atoms with E-state index in [-0.39, 0.29) is 55.6 Å². The Labute approximate surface area is 309 Å². The van der Waals surface area contributed by atoms with Crippen molar-refractivity contribution in [3.05, 3.63) is 71.8 Å². The van der Waals surface area contributed by atoms with Crippen molar-refractivity contribution >= 4 is 29.7 Å². The van der Waals surface area contributed by atoms with Crippen molar-refractivity contribution < 1.29 is 24.0 Å². The highest BCUT2D eigenvalue weighted by molar-refractivity contribution is 5.94. The summed E-state index contributed by atoms with van der Waals surface area (Å²) in [5.41, 5.74) is 13.4. The molecule has 0 spiro atoms. The van der Waals surface area contributed by atoms with Crippen LogP contribution in [0.4, 0.5) is 9.59 Å². The van der Waals surface area contributed by atoms with Gasteiger partial charge in [-0.2, -0.15) is 0 Å². The number of Topliss-reactive ketones (excluding diaryl/α,β-unsaturated/α-hetero) is 1. The highest BCUT2D eigenvalue weighted by Crippen LogP contribution is 2.22. The van der Waals surface area contributed by atoms with Gasteiger partial charge >= 0.3 is 12.1 Å². The fourth-order valence-electron chi connectivity index (χ4n) is 6.52. The molecular weight excluding hydrogens is 660 g/mol. The normalized spacial score (nSPS) is 14.9. The molecule has 0 aliphatic carbocycles. The standard InChI is InChI=1S/C39H60N8O5/c1-28(2)24-33(35(48)26-31(16-10-11-19-40)37(50)46-21-17-32(18-22-46)43-38(51)42-3)44-36(49)34(25-29-12-6-4-7-13-29)45-39(52)47(23-20-41)27-30-14-8-5-9-15-30/h4-9,12-15,28,31-34H,10-11,16-27,40-41H2,1-3H3,(H,44,49)(H,45,52)(H2,42,43,51)/t31-,33+,34+/m0/s1. The molecule has 13 heteroatoms. The summed E-state index contributed by atoms with van der Waals surface area (Å²) in [5.74, 6) is -1.27. The second-order valence-corrected chi connectivity index (χ2v) is 14.1. The Bertz CT molecular complexity index is 1400. The number of piperidine rings is 1. The average Bonchev–Trinajstić information content (AvgIpc) is 3.14. The number of hydrogen-bond acceptors (Lipinski definition) is 7. The third-order valence-electron chi connectivity index (χ3n) is 9.38. The zero-order valence-electron chi connectivity index (χ0n) is 31.2. The minimum Gasteiger partial charge on any atom is -0.344 e. The van der Waals surface area contributed by atoms with E-state index in [0.29, 0.717) is 58.3 Å². The zero-order valence-corrected chi connectivity index (χ0v) is 31.2. The number of rotatable bonds is 20. The largest absolute Gasteiger partial charge is 0.344 e. The molecule has 0 bridgehead atoms. The van der Waals surface area contributed by atoms with Crippen LogP contribution in [0.2, 0.25) is 0 Å². The fraction of sp³-hybridized carbons (Fsp3) is 0.564. The minimum atomic E-state index is -0.972. The minimum absolute atomic E-state index is 0.0193. The van der Waals surface area contributed by atoms with Gasteiger partial charge in [0, 0.05) is 64.6 Å². The molecule has 0 radical (unpaired) electrons. The van der Waals surface area contributed by atoms with Gasteiger partial charge in [-0.25, -0.2) is 9.59 Å². The van der Waals surface area contributed by atoms with Gasteiger partial charge in [-0.15, -0.1) is 0 Å². The zero-order chi connectivity index (χ0) is 37.9. The van der Waals surface area contributed by atoms with Crippen LogP contribution in [0.15, 0.2) is 60.7 Å². The quantitative estimate of drug-likeness (QED) is 0.113. The van der Waals surface area contributed by atoms with Gasteiger partial charge in [0.25, 0.3) is 0 Å². The number of ketones is 1. The first kappa shape index (κ1) is 41.9. The van der Waals surface area contributed by atoms with E-state index < -0.39 is 29.9 Å². The van der Waals surface area contributed by atoms with Crippen LogP contribution in [0.25, 0.3) is 0 Å². The number of nitrogens with zero attached hydrogens (tertiary/aromatic N) is 2. The predicted octanol–water partition coefficient (Wildman–Crippen LogP) is 2.92. The van der Waals surface area contributed by atoms with Crippen LogP contribution in [0.3, 0.4) is 0 Å². The summed E-state index contributed by atoms with van der Waals surface area (Å²) in [6.45, 7) is 6.25. The first-order chi connectivity index (χ1) is 25.0. The van der Waals surface area contributed by atoms with Crippen LogP contribution in [0.5, 0.6) is 0 Å². The molecule has 286 valence electrons. The number of benzene rings is 2. The van der Waals surface area contributed by atoms with Crippen LogP contribution in [0.1, 0.15) is 69.9 Å². The maximum Gasteiger partial charge on any atom is 0.318 e. The molecule has 3 rings (SSSR count). The first-order valence-corrected chi connectivity index (χ1v) is 18.7. The van der Waals surface area contributed by atoms with Crippen LogP contribution in [0, 0.1) is 11.8 Å². The average molecular weight is 721 g/mol. The van der Waals surface area contributed by atoms with Gasteiger partial charge in [0.2, 0.25) is 11.8 Å². The van der Waals surface area contributed by atoms with Crippen molar-refractivity contribution in [1.82, 2.24) is 31.1 Å². The lowest BCUT2D eigenvalue weighted by Crippen LogP contribution is -2.55. The molecule has 0 unspecified atom stereocenters. The second kappa shape index (κ2) is 22.4. The Hall–Kier alpha value is -4.49. The molecule has 52 heavy (non-hydrogen) atoms. The molecule has 8 N–H and O–H groups in total. The third-order valence-corrected chi connectivity index (χ3v) is 9.38. The van der Waals surface area contributed by atoms with E-state index in [1.54, 1.807) is 16.8 Å². The molecule has 0 aromatic heterocycles. The summed E-state index contributed by atoms with van der Waals surface area (Å²) in [7, 11) is 1.56. The van der Waals surface area contributed by atoms with Gasteiger partial charge in [-0.05, 0) is 55.7 Å². The Kier molecular flexibility index (Phi) is 18.1. The summed E-state index contributed by atoms with van der Waals surface area (Å²) >= 11 is 0. The van der Waals surface area contributed by atoms with Gasteiger partial charge in [0.1, 0.15) is 6.04 Å². The molecule has 3 atom stereocenters. The first-order valence-electron chi connectivity index (χ1n) is 18.7. The van der Waals surface area contributed by atoms with Crippen LogP contribution in [-0.4, -0.2) is 97.4 Å². The number of carbonyl (C=O) groups excluding carboxylic acids is 5. The van der Waals surface area contributed by atoms with Gasteiger partial charge in [0.05, 0.1) is 6.04 Å². The molecule has 1 aliphatic rings. The van der Waals surface area contributed by atoms with Gasteiger partial charge < -0.3 is 42.5 Å². The third kappa shape index (κ3) is 14.3. The summed E-state index contributed by atoms with van der Waals surface area (Å²) < 4.78 is 0. The molecule has 2 aromatic rings.